The zero-order chi connectivity index (χ0) is 15.2. The lowest BCUT2D eigenvalue weighted by molar-refractivity contribution is 0.409. The highest BCUT2D eigenvalue weighted by Gasteiger charge is 2.06. The molecule has 0 amide bonds. The van der Waals surface area contributed by atoms with E-state index in [0.29, 0.717) is 0 Å². The SMILES string of the molecule is COc1ccc(-c2ccccc2)cc1CCc1ccccc1. The summed E-state index contributed by atoms with van der Waals surface area (Å²) in [5.74, 6) is 0.968. The predicted octanol–water partition coefficient (Wildman–Crippen LogP) is 5.15. The first-order chi connectivity index (χ1) is 10.9. The Kier molecular flexibility index (Phi) is 4.55. The fourth-order valence-corrected chi connectivity index (χ4v) is 2.71. The zero-order valence-corrected chi connectivity index (χ0v) is 12.8. The molecule has 0 radical (unpaired) electrons. The van der Waals surface area contributed by atoms with Crippen LogP contribution in [0.4, 0.5) is 0 Å². The van der Waals surface area contributed by atoms with Crippen LogP contribution in [0.15, 0.2) is 78.9 Å². The van der Waals surface area contributed by atoms with Crippen LogP contribution in [-0.2, 0) is 12.8 Å². The van der Waals surface area contributed by atoms with E-state index in [9.17, 15) is 0 Å². The molecule has 1 heteroatoms. The number of hydrogen-bond acceptors (Lipinski definition) is 1. The molecule has 110 valence electrons. The van der Waals surface area contributed by atoms with E-state index in [4.69, 9.17) is 4.74 Å². The third-order valence-electron chi connectivity index (χ3n) is 3.91. The first-order valence-corrected chi connectivity index (χ1v) is 7.63. The molecule has 0 aliphatic rings. The molecule has 3 rings (SSSR count). The minimum atomic E-state index is 0.968. The summed E-state index contributed by atoms with van der Waals surface area (Å²) in [7, 11) is 1.74. The van der Waals surface area contributed by atoms with Gasteiger partial charge in [-0.05, 0) is 47.2 Å². The summed E-state index contributed by atoms with van der Waals surface area (Å²) >= 11 is 0. The Morgan fingerprint density at radius 1 is 0.682 bits per heavy atom. The van der Waals surface area contributed by atoms with Gasteiger partial charge in [0.1, 0.15) is 5.75 Å². The Bertz CT molecular complexity index is 717. The lowest BCUT2D eigenvalue weighted by atomic mass is 9.98. The average Bonchev–Trinajstić information content (AvgIpc) is 2.61. The van der Waals surface area contributed by atoms with Crippen LogP contribution < -0.4 is 4.74 Å². The molecule has 0 atom stereocenters. The third kappa shape index (κ3) is 3.37. The summed E-state index contributed by atoms with van der Waals surface area (Å²) < 4.78 is 5.52. The largest absolute Gasteiger partial charge is 0.496 e. The molecular weight excluding hydrogens is 268 g/mol. The van der Waals surface area contributed by atoms with Crippen LogP contribution >= 0.6 is 0 Å². The van der Waals surface area contributed by atoms with Gasteiger partial charge in [-0.25, -0.2) is 0 Å². The van der Waals surface area contributed by atoms with Crippen LogP contribution in [0, 0.1) is 0 Å². The summed E-state index contributed by atoms with van der Waals surface area (Å²) in [6.45, 7) is 0. The standard InChI is InChI=1S/C21H20O/c1-22-21-15-14-19(18-10-6-3-7-11-18)16-20(21)13-12-17-8-4-2-5-9-17/h2-11,14-16H,12-13H2,1H3. The van der Waals surface area contributed by atoms with Gasteiger partial charge in [-0.3, -0.25) is 0 Å². The molecule has 0 aliphatic heterocycles. The Hall–Kier alpha value is -2.54. The highest BCUT2D eigenvalue weighted by molar-refractivity contribution is 5.65. The lowest BCUT2D eigenvalue weighted by Crippen LogP contribution is -1.96. The number of hydrogen-bond donors (Lipinski definition) is 0. The summed E-state index contributed by atoms with van der Waals surface area (Å²) in [5, 5.41) is 0. The van der Waals surface area contributed by atoms with E-state index < -0.39 is 0 Å². The van der Waals surface area contributed by atoms with Crippen molar-refractivity contribution in [2.75, 3.05) is 7.11 Å². The molecule has 0 heterocycles. The number of aryl methyl sites for hydroxylation is 2. The summed E-state index contributed by atoms with van der Waals surface area (Å²) in [6.07, 6.45) is 2.00. The summed E-state index contributed by atoms with van der Waals surface area (Å²) in [6, 6.07) is 27.5. The van der Waals surface area contributed by atoms with Gasteiger partial charge >= 0.3 is 0 Å². The molecule has 3 aromatic carbocycles. The predicted molar refractivity (Wildman–Crippen MR) is 92.3 cm³/mol. The smallest absolute Gasteiger partial charge is 0.122 e. The second-order valence-corrected chi connectivity index (χ2v) is 5.38. The molecule has 0 saturated carbocycles. The number of benzene rings is 3. The van der Waals surface area contributed by atoms with Crippen molar-refractivity contribution in [2.24, 2.45) is 0 Å². The van der Waals surface area contributed by atoms with Crippen LogP contribution in [0.25, 0.3) is 11.1 Å². The number of ether oxygens (including phenoxy) is 1. The average molecular weight is 288 g/mol. The van der Waals surface area contributed by atoms with Crippen molar-refractivity contribution < 1.29 is 4.74 Å². The van der Waals surface area contributed by atoms with Gasteiger partial charge in [0, 0.05) is 0 Å². The minimum absolute atomic E-state index is 0.968. The van der Waals surface area contributed by atoms with E-state index in [-0.39, 0.29) is 0 Å². The molecule has 0 N–H and O–H groups in total. The zero-order valence-electron chi connectivity index (χ0n) is 12.8. The Morgan fingerprint density at radius 3 is 2.05 bits per heavy atom. The fraction of sp³-hybridized carbons (Fsp3) is 0.143. The molecule has 0 fully saturated rings. The normalized spacial score (nSPS) is 10.4. The van der Waals surface area contributed by atoms with Crippen molar-refractivity contribution in [2.45, 2.75) is 12.8 Å². The highest BCUT2D eigenvalue weighted by Crippen LogP contribution is 2.27. The van der Waals surface area contributed by atoms with Crippen molar-refractivity contribution in [3.63, 3.8) is 0 Å². The quantitative estimate of drug-likeness (QED) is 0.631. The number of rotatable bonds is 5. The molecule has 0 saturated heterocycles. The van der Waals surface area contributed by atoms with Gasteiger partial charge in [0.15, 0.2) is 0 Å². The molecule has 1 nitrogen and oxygen atoms in total. The lowest BCUT2D eigenvalue weighted by Gasteiger charge is -2.11. The molecule has 0 bridgehead atoms. The summed E-state index contributed by atoms with van der Waals surface area (Å²) in [4.78, 5) is 0. The van der Waals surface area contributed by atoms with Gasteiger partial charge in [0.2, 0.25) is 0 Å². The van der Waals surface area contributed by atoms with Crippen LogP contribution in [0.1, 0.15) is 11.1 Å². The van der Waals surface area contributed by atoms with Crippen LogP contribution in [0.3, 0.4) is 0 Å². The topological polar surface area (TPSA) is 9.23 Å². The molecule has 0 spiro atoms. The van der Waals surface area contributed by atoms with Gasteiger partial charge in [0.25, 0.3) is 0 Å². The van der Waals surface area contributed by atoms with Gasteiger partial charge in [-0.1, -0.05) is 66.7 Å². The Balaban J connectivity index is 1.85. The van der Waals surface area contributed by atoms with Crippen molar-refractivity contribution in [1.82, 2.24) is 0 Å². The van der Waals surface area contributed by atoms with Gasteiger partial charge in [-0.15, -0.1) is 0 Å². The van der Waals surface area contributed by atoms with E-state index in [1.54, 1.807) is 7.11 Å². The van der Waals surface area contributed by atoms with Gasteiger partial charge in [-0.2, -0.15) is 0 Å². The highest BCUT2D eigenvalue weighted by atomic mass is 16.5. The first kappa shape index (κ1) is 14.4. The van der Waals surface area contributed by atoms with Gasteiger partial charge < -0.3 is 4.74 Å². The first-order valence-electron chi connectivity index (χ1n) is 7.63. The minimum Gasteiger partial charge on any atom is -0.496 e. The molecular formula is C21H20O. The fourth-order valence-electron chi connectivity index (χ4n) is 2.71. The monoisotopic (exact) mass is 288 g/mol. The maximum absolute atomic E-state index is 5.52. The second-order valence-electron chi connectivity index (χ2n) is 5.38. The maximum atomic E-state index is 5.52. The molecule has 0 unspecified atom stereocenters. The number of methoxy groups -OCH3 is 1. The Morgan fingerprint density at radius 2 is 1.36 bits per heavy atom. The van der Waals surface area contributed by atoms with Crippen molar-refractivity contribution in [3.05, 3.63) is 90.0 Å². The third-order valence-corrected chi connectivity index (χ3v) is 3.91. The van der Waals surface area contributed by atoms with Crippen LogP contribution in [-0.4, -0.2) is 7.11 Å². The maximum Gasteiger partial charge on any atom is 0.122 e. The summed E-state index contributed by atoms with van der Waals surface area (Å²) in [5.41, 5.74) is 5.10. The van der Waals surface area contributed by atoms with E-state index in [1.807, 2.05) is 6.07 Å². The molecule has 0 aromatic heterocycles. The molecule has 0 aliphatic carbocycles. The second kappa shape index (κ2) is 6.95. The van der Waals surface area contributed by atoms with E-state index in [0.717, 1.165) is 18.6 Å². The van der Waals surface area contributed by atoms with Crippen molar-refractivity contribution in [1.29, 1.82) is 0 Å². The van der Waals surface area contributed by atoms with E-state index >= 15 is 0 Å². The van der Waals surface area contributed by atoms with Crippen molar-refractivity contribution >= 4 is 0 Å². The van der Waals surface area contributed by atoms with E-state index in [1.165, 1.54) is 22.3 Å². The molecule has 22 heavy (non-hydrogen) atoms. The van der Waals surface area contributed by atoms with Crippen molar-refractivity contribution in [3.8, 4) is 16.9 Å². The van der Waals surface area contributed by atoms with Gasteiger partial charge in [0.05, 0.1) is 7.11 Å². The van der Waals surface area contributed by atoms with E-state index in [2.05, 4.69) is 72.8 Å². The van der Waals surface area contributed by atoms with Crippen LogP contribution in [0.2, 0.25) is 0 Å². The Labute approximate surface area is 132 Å². The van der Waals surface area contributed by atoms with Crippen LogP contribution in [0.5, 0.6) is 5.75 Å². The molecule has 3 aromatic rings.